The van der Waals surface area contributed by atoms with Gasteiger partial charge in [0.25, 0.3) is 0 Å². The third kappa shape index (κ3) is 6.36. The van der Waals surface area contributed by atoms with E-state index < -0.39 is 6.03 Å². The molecule has 1 aliphatic heterocycles. The standard InChI is InChI=1S/C23H32N4O/c1-26(16-19-8-4-2-5-9-19)17-21(20-10-6-3-7-11-20)18-27-14-12-22(13-15-27)25-23(24)28/h2-11,21-22H,12-18H2,1H3,(H3,24,25,28)/t21-/m1/s1. The number of urea groups is 1. The van der Waals surface area contributed by atoms with Crippen LogP contribution < -0.4 is 11.1 Å². The molecule has 1 aliphatic rings. The van der Waals surface area contributed by atoms with Gasteiger partial charge >= 0.3 is 6.03 Å². The topological polar surface area (TPSA) is 61.6 Å². The number of rotatable bonds is 8. The number of likely N-dealkylation sites (N-methyl/N-ethyl adjacent to an activating group) is 1. The van der Waals surface area contributed by atoms with E-state index >= 15 is 0 Å². The Labute approximate surface area is 168 Å². The number of piperidine rings is 1. The molecule has 0 spiro atoms. The van der Waals surface area contributed by atoms with E-state index in [1.54, 1.807) is 0 Å². The van der Waals surface area contributed by atoms with Crippen molar-refractivity contribution < 1.29 is 4.79 Å². The van der Waals surface area contributed by atoms with Gasteiger partial charge in [0.15, 0.2) is 0 Å². The molecule has 2 aromatic rings. The van der Waals surface area contributed by atoms with Crippen molar-refractivity contribution >= 4 is 6.03 Å². The van der Waals surface area contributed by atoms with Gasteiger partial charge in [0.1, 0.15) is 0 Å². The first-order chi connectivity index (χ1) is 13.6. The van der Waals surface area contributed by atoms with Crippen molar-refractivity contribution in [3.8, 4) is 0 Å². The molecule has 5 nitrogen and oxygen atoms in total. The second kappa shape index (κ2) is 10.2. The molecule has 0 aromatic heterocycles. The number of nitrogens with zero attached hydrogens (tertiary/aromatic N) is 2. The molecule has 1 heterocycles. The lowest BCUT2D eigenvalue weighted by atomic mass is 9.96. The van der Waals surface area contributed by atoms with Gasteiger partial charge in [-0.25, -0.2) is 4.79 Å². The van der Waals surface area contributed by atoms with Gasteiger partial charge in [-0.15, -0.1) is 0 Å². The highest BCUT2D eigenvalue weighted by molar-refractivity contribution is 5.71. The largest absolute Gasteiger partial charge is 0.352 e. The minimum Gasteiger partial charge on any atom is -0.352 e. The number of amides is 2. The first-order valence-corrected chi connectivity index (χ1v) is 10.2. The molecular formula is C23H32N4O. The molecule has 150 valence electrons. The molecule has 3 N–H and O–H groups in total. The van der Waals surface area contributed by atoms with Crippen LogP contribution in [-0.4, -0.2) is 55.1 Å². The second-order valence-corrected chi connectivity index (χ2v) is 7.87. The SMILES string of the molecule is CN(Cc1ccccc1)C[C@H](CN1CCC(NC(N)=O)CC1)c1ccccc1. The van der Waals surface area contributed by atoms with Crippen molar-refractivity contribution in [3.05, 3.63) is 71.8 Å². The van der Waals surface area contributed by atoms with Crippen LogP contribution >= 0.6 is 0 Å². The van der Waals surface area contributed by atoms with E-state index in [0.717, 1.165) is 45.6 Å². The van der Waals surface area contributed by atoms with E-state index in [4.69, 9.17) is 5.73 Å². The quantitative estimate of drug-likeness (QED) is 0.740. The number of likely N-dealkylation sites (tertiary alicyclic amines) is 1. The maximum atomic E-state index is 11.1. The molecule has 0 aliphatic carbocycles. The predicted octanol–water partition coefficient (Wildman–Crippen LogP) is 3.03. The molecule has 2 amide bonds. The first kappa shape index (κ1) is 20.4. The molecule has 5 heteroatoms. The van der Waals surface area contributed by atoms with Gasteiger partial charge in [-0.2, -0.15) is 0 Å². The van der Waals surface area contributed by atoms with Crippen LogP contribution in [-0.2, 0) is 6.54 Å². The number of benzene rings is 2. The fraction of sp³-hybridized carbons (Fsp3) is 0.435. The Bertz CT molecular complexity index is 714. The van der Waals surface area contributed by atoms with Gasteiger partial charge in [-0.3, -0.25) is 0 Å². The van der Waals surface area contributed by atoms with E-state index in [1.807, 2.05) is 0 Å². The highest BCUT2D eigenvalue weighted by Gasteiger charge is 2.23. The molecule has 2 aromatic carbocycles. The first-order valence-electron chi connectivity index (χ1n) is 10.2. The fourth-order valence-corrected chi connectivity index (χ4v) is 4.10. The van der Waals surface area contributed by atoms with E-state index in [-0.39, 0.29) is 6.04 Å². The van der Waals surface area contributed by atoms with Crippen LogP contribution in [0.3, 0.4) is 0 Å². The van der Waals surface area contributed by atoms with Crippen molar-refractivity contribution in [2.24, 2.45) is 5.73 Å². The van der Waals surface area contributed by atoms with Crippen molar-refractivity contribution in [1.82, 2.24) is 15.1 Å². The van der Waals surface area contributed by atoms with Crippen molar-refractivity contribution in [2.45, 2.75) is 31.3 Å². The average molecular weight is 381 g/mol. The Kier molecular flexibility index (Phi) is 7.46. The van der Waals surface area contributed by atoms with Gasteiger partial charge in [-0.1, -0.05) is 60.7 Å². The summed E-state index contributed by atoms with van der Waals surface area (Å²) < 4.78 is 0. The predicted molar refractivity (Wildman–Crippen MR) is 114 cm³/mol. The van der Waals surface area contributed by atoms with Crippen LogP contribution in [0.15, 0.2) is 60.7 Å². The molecule has 0 unspecified atom stereocenters. The maximum Gasteiger partial charge on any atom is 0.312 e. The Morgan fingerprint density at radius 2 is 1.71 bits per heavy atom. The minimum absolute atomic E-state index is 0.213. The zero-order chi connectivity index (χ0) is 19.8. The Balaban J connectivity index is 1.59. The summed E-state index contributed by atoms with van der Waals surface area (Å²) in [6, 6.07) is 21.2. The van der Waals surface area contributed by atoms with Crippen LogP contribution in [0, 0.1) is 0 Å². The Morgan fingerprint density at radius 3 is 2.32 bits per heavy atom. The number of hydrogen-bond donors (Lipinski definition) is 2. The number of carbonyl (C=O) groups excluding carboxylic acids is 1. The second-order valence-electron chi connectivity index (χ2n) is 7.87. The summed E-state index contributed by atoms with van der Waals surface area (Å²) >= 11 is 0. The van der Waals surface area contributed by atoms with E-state index in [2.05, 4.69) is 82.8 Å². The van der Waals surface area contributed by atoms with E-state index in [0.29, 0.717) is 5.92 Å². The van der Waals surface area contributed by atoms with Crippen LogP contribution in [0.1, 0.15) is 29.9 Å². The zero-order valence-electron chi connectivity index (χ0n) is 16.8. The number of nitrogens with one attached hydrogen (secondary N) is 1. The lowest BCUT2D eigenvalue weighted by Crippen LogP contribution is -2.47. The van der Waals surface area contributed by atoms with Gasteiger partial charge in [-0.05, 0) is 31.0 Å². The van der Waals surface area contributed by atoms with Gasteiger partial charge in [0.2, 0.25) is 0 Å². The van der Waals surface area contributed by atoms with Crippen LogP contribution in [0.5, 0.6) is 0 Å². The average Bonchev–Trinajstić information content (AvgIpc) is 2.70. The highest BCUT2D eigenvalue weighted by Crippen LogP contribution is 2.21. The van der Waals surface area contributed by atoms with Crippen LogP contribution in [0.4, 0.5) is 4.79 Å². The smallest absolute Gasteiger partial charge is 0.312 e. The third-order valence-electron chi connectivity index (χ3n) is 5.51. The lowest BCUT2D eigenvalue weighted by Gasteiger charge is -2.35. The van der Waals surface area contributed by atoms with Crippen LogP contribution in [0.2, 0.25) is 0 Å². The highest BCUT2D eigenvalue weighted by atomic mass is 16.2. The summed E-state index contributed by atoms with van der Waals surface area (Å²) in [4.78, 5) is 16.0. The van der Waals surface area contributed by atoms with Gasteiger partial charge < -0.3 is 20.9 Å². The minimum atomic E-state index is -0.414. The molecule has 1 saturated heterocycles. The molecule has 3 rings (SSSR count). The van der Waals surface area contributed by atoms with Crippen LogP contribution in [0.25, 0.3) is 0 Å². The molecular weight excluding hydrogens is 348 g/mol. The summed E-state index contributed by atoms with van der Waals surface area (Å²) in [7, 11) is 2.20. The van der Waals surface area contributed by atoms with Crippen molar-refractivity contribution in [3.63, 3.8) is 0 Å². The molecule has 0 radical (unpaired) electrons. The molecule has 0 saturated carbocycles. The Morgan fingerprint density at radius 1 is 1.11 bits per heavy atom. The van der Waals surface area contributed by atoms with Crippen molar-refractivity contribution in [1.29, 1.82) is 0 Å². The lowest BCUT2D eigenvalue weighted by molar-refractivity contribution is 0.173. The molecule has 1 fully saturated rings. The summed E-state index contributed by atoms with van der Waals surface area (Å²) in [6.07, 6.45) is 1.93. The third-order valence-corrected chi connectivity index (χ3v) is 5.51. The molecule has 28 heavy (non-hydrogen) atoms. The van der Waals surface area contributed by atoms with Crippen molar-refractivity contribution in [2.75, 3.05) is 33.2 Å². The zero-order valence-corrected chi connectivity index (χ0v) is 16.8. The van der Waals surface area contributed by atoms with Gasteiger partial charge in [0, 0.05) is 44.7 Å². The summed E-state index contributed by atoms with van der Waals surface area (Å²) in [5, 5.41) is 2.85. The maximum absolute atomic E-state index is 11.1. The molecule has 0 bridgehead atoms. The van der Waals surface area contributed by atoms with E-state index in [1.165, 1.54) is 11.1 Å². The fourth-order valence-electron chi connectivity index (χ4n) is 4.10. The Hall–Kier alpha value is -2.37. The summed E-state index contributed by atoms with van der Waals surface area (Å²) in [6.45, 7) is 4.99. The molecule has 1 atom stereocenters. The summed E-state index contributed by atoms with van der Waals surface area (Å²) in [5.74, 6) is 0.454. The summed E-state index contributed by atoms with van der Waals surface area (Å²) in [5.41, 5.74) is 8.00. The number of primary amides is 1. The monoisotopic (exact) mass is 380 g/mol. The van der Waals surface area contributed by atoms with E-state index in [9.17, 15) is 4.79 Å². The number of carbonyl (C=O) groups is 1. The normalized spacial score (nSPS) is 16.8. The van der Waals surface area contributed by atoms with Gasteiger partial charge in [0.05, 0.1) is 0 Å². The number of nitrogens with two attached hydrogens (primary N) is 1. The number of hydrogen-bond acceptors (Lipinski definition) is 3.